The van der Waals surface area contributed by atoms with Crippen LogP contribution in [-0.4, -0.2) is 38.7 Å². The highest BCUT2D eigenvalue weighted by molar-refractivity contribution is 5.79. The summed E-state index contributed by atoms with van der Waals surface area (Å²) in [6.07, 6.45) is 0.979. The SMILES string of the molecule is CCNC(=NCc1cccc(OCC(N)=O)c1)NCCC(C)c1ccc(OC)cc1. The molecule has 0 saturated carbocycles. The van der Waals surface area contributed by atoms with E-state index in [0.29, 0.717) is 18.2 Å². The largest absolute Gasteiger partial charge is 0.497 e. The van der Waals surface area contributed by atoms with Crippen LogP contribution in [0.25, 0.3) is 0 Å². The van der Waals surface area contributed by atoms with Crippen molar-refractivity contribution in [2.24, 2.45) is 10.7 Å². The van der Waals surface area contributed by atoms with Crippen molar-refractivity contribution in [1.82, 2.24) is 10.6 Å². The molecule has 2 aromatic rings. The molecule has 1 amide bonds. The molecule has 0 spiro atoms. The van der Waals surface area contributed by atoms with Crippen LogP contribution >= 0.6 is 0 Å². The van der Waals surface area contributed by atoms with Crippen LogP contribution in [0.5, 0.6) is 11.5 Å². The second kappa shape index (κ2) is 12.4. The molecule has 0 heterocycles. The number of ether oxygens (including phenoxy) is 2. The molecule has 162 valence electrons. The van der Waals surface area contributed by atoms with Crippen molar-refractivity contribution in [1.29, 1.82) is 0 Å². The first-order valence-corrected chi connectivity index (χ1v) is 10.2. The molecule has 0 aliphatic heterocycles. The molecule has 0 saturated heterocycles. The van der Waals surface area contributed by atoms with E-state index >= 15 is 0 Å². The monoisotopic (exact) mass is 412 g/mol. The Kier molecular flexibility index (Phi) is 9.51. The predicted molar refractivity (Wildman–Crippen MR) is 120 cm³/mol. The number of benzene rings is 2. The maximum Gasteiger partial charge on any atom is 0.255 e. The molecule has 30 heavy (non-hydrogen) atoms. The number of nitrogens with two attached hydrogens (primary N) is 1. The molecule has 7 heteroatoms. The van der Waals surface area contributed by atoms with Crippen molar-refractivity contribution in [2.75, 3.05) is 26.8 Å². The molecule has 0 radical (unpaired) electrons. The fraction of sp³-hybridized carbons (Fsp3) is 0.391. The third kappa shape index (κ3) is 8.03. The molecule has 7 nitrogen and oxygen atoms in total. The molecule has 0 fully saturated rings. The van der Waals surface area contributed by atoms with Gasteiger partial charge in [-0.1, -0.05) is 31.2 Å². The van der Waals surface area contributed by atoms with Gasteiger partial charge in [-0.2, -0.15) is 0 Å². The Labute approximate surface area is 178 Å². The fourth-order valence-corrected chi connectivity index (χ4v) is 2.91. The van der Waals surface area contributed by atoms with Gasteiger partial charge >= 0.3 is 0 Å². The van der Waals surface area contributed by atoms with E-state index in [1.54, 1.807) is 13.2 Å². The van der Waals surface area contributed by atoms with Crippen molar-refractivity contribution in [3.05, 3.63) is 59.7 Å². The van der Waals surface area contributed by atoms with Crippen LogP contribution in [0, 0.1) is 0 Å². The second-order valence-electron chi connectivity index (χ2n) is 6.99. The van der Waals surface area contributed by atoms with Crippen LogP contribution in [0.2, 0.25) is 0 Å². The molecule has 0 aliphatic rings. The molecule has 2 aromatic carbocycles. The van der Waals surface area contributed by atoms with Gasteiger partial charge in [-0.25, -0.2) is 4.99 Å². The third-order valence-electron chi connectivity index (χ3n) is 4.60. The normalized spacial score (nSPS) is 12.2. The number of carbonyl (C=O) groups is 1. The summed E-state index contributed by atoms with van der Waals surface area (Å²) in [4.78, 5) is 15.5. The first kappa shape index (κ1) is 23.1. The average Bonchev–Trinajstić information content (AvgIpc) is 2.76. The first-order chi connectivity index (χ1) is 14.5. The van der Waals surface area contributed by atoms with Gasteiger partial charge in [0.05, 0.1) is 13.7 Å². The molecule has 0 bridgehead atoms. The number of nitrogens with one attached hydrogen (secondary N) is 2. The standard InChI is InChI=1S/C23H32N4O3/c1-4-25-23(26-13-12-17(2)19-8-10-20(29-3)11-9-19)27-15-18-6-5-7-21(14-18)30-16-22(24)28/h5-11,14,17H,4,12-13,15-16H2,1-3H3,(H2,24,28)(H2,25,26,27). The number of nitrogens with zero attached hydrogens (tertiary/aromatic N) is 1. The summed E-state index contributed by atoms with van der Waals surface area (Å²) in [6.45, 7) is 6.20. The lowest BCUT2D eigenvalue weighted by Gasteiger charge is -2.15. The van der Waals surface area contributed by atoms with Crippen LogP contribution in [0.1, 0.15) is 37.3 Å². The number of rotatable bonds is 11. The maximum atomic E-state index is 10.9. The maximum absolute atomic E-state index is 10.9. The van der Waals surface area contributed by atoms with E-state index in [1.165, 1.54) is 5.56 Å². The molecule has 0 aliphatic carbocycles. The van der Waals surface area contributed by atoms with E-state index in [0.717, 1.165) is 36.8 Å². The highest BCUT2D eigenvalue weighted by Gasteiger charge is 2.07. The van der Waals surface area contributed by atoms with Gasteiger partial charge in [-0.05, 0) is 54.7 Å². The quantitative estimate of drug-likeness (QED) is 0.389. The molecular formula is C23H32N4O3. The zero-order valence-corrected chi connectivity index (χ0v) is 18.0. The highest BCUT2D eigenvalue weighted by atomic mass is 16.5. The first-order valence-electron chi connectivity index (χ1n) is 10.2. The molecular weight excluding hydrogens is 380 g/mol. The van der Waals surface area contributed by atoms with E-state index in [4.69, 9.17) is 15.2 Å². The fourth-order valence-electron chi connectivity index (χ4n) is 2.91. The van der Waals surface area contributed by atoms with Gasteiger partial charge < -0.3 is 25.8 Å². The van der Waals surface area contributed by atoms with E-state index < -0.39 is 5.91 Å². The highest BCUT2D eigenvalue weighted by Crippen LogP contribution is 2.21. The number of methoxy groups -OCH3 is 1. The average molecular weight is 413 g/mol. The Bertz CT molecular complexity index is 821. The van der Waals surface area contributed by atoms with Crippen LogP contribution < -0.4 is 25.8 Å². The Morgan fingerprint density at radius 1 is 1.13 bits per heavy atom. The lowest BCUT2D eigenvalue weighted by Crippen LogP contribution is -2.38. The summed E-state index contributed by atoms with van der Waals surface area (Å²) in [6, 6.07) is 15.7. The summed E-state index contributed by atoms with van der Waals surface area (Å²) in [5.74, 6) is 2.16. The Morgan fingerprint density at radius 3 is 2.57 bits per heavy atom. The number of hydrogen-bond acceptors (Lipinski definition) is 4. The number of carbonyl (C=O) groups excluding carboxylic acids is 1. The lowest BCUT2D eigenvalue weighted by atomic mass is 9.98. The lowest BCUT2D eigenvalue weighted by molar-refractivity contribution is -0.119. The topological polar surface area (TPSA) is 98.0 Å². The van der Waals surface area contributed by atoms with Crippen LogP contribution in [-0.2, 0) is 11.3 Å². The van der Waals surface area contributed by atoms with Crippen molar-refractivity contribution in [2.45, 2.75) is 32.7 Å². The van der Waals surface area contributed by atoms with Gasteiger partial charge in [0, 0.05) is 13.1 Å². The van der Waals surface area contributed by atoms with E-state index in [-0.39, 0.29) is 6.61 Å². The summed E-state index contributed by atoms with van der Waals surface area (Å²) < 4.78 is 10.6. The number of guanidine groups is 1. The molecule has 0 aromatic heterocycles. The minimum Gasteiger partial charge on any atom is -0.497 e. The summed E-state index contributed by atoms with van der Waals surface area (Å²) >= 11 is 0. The molecule has 1 unspecified atom stereocenters. The summed E-state index contributed by atoms with van der Waals surface area (Å²) in [5, 5.41) is 6.66. The molecule has 1 atom stereocenters. The van der Waals surface area contributed by atoms with Gasteiger partial charge in [0.15, 0.2) is 12.6 Å². The van der Waals surface area contributed by atoms with E-state index in [1.807, 2.05) is 37.3 Å². The Hall–Kier alpha value is -3.22. The zero-order valence-electron chi connectivity index (χ0n) is 18.0. The third-order valence-corrected chi connectivity index (χ3v) is 4.60. The van der Waals surface area contributed by atoms with E-state index in [9.17, 15) is 4.79 Å². The Morgan fingerprint density at radius 2 is 1.90 bits per heavy atom. The smallest absolute Gasteiger partial charge is 0.255 e. The summed E-state index contributed by atoms with van der Waals surface area (Å²) in [5.41, 5.74) is 7.39. The summed E-state index contributed by atoms with van der Waals surface area (Å²) in [7, 11) is 1.67. The Balaban J connectivity index is 1.87. The van der Waals surface area contributed by atoms with Crippen molar-refractivity contribution in [3.8, 4) is 11.5 Å². The zero-order chi connectivity index (χ0) is 21.8. The molecule has 4 N–H and O–H groups in total. The van der Waals surface area contributed by atoms with Crippen molar-refractivity contribution in [3.63, 3.8) is 0 Å². The van der Waals surface area contributed by atoms with Crippen molar-refractivity contribution >= 4 is 11.9 Å². The van der Waals surface area contributed by atoms with Gasteiger partial charge in [0.1, 0.15) is 11.5 Å². The van der Waals surface area contributed by atoms with Gasteiger partial charge in [0.2, 0.25) is 0 Å². The number of amides is 1. The van der Waals surface area contributed by atoms with Crippen LogP contribution in [0.3, 0.4) is 0 Å². The number of primary amides is 1. The van der Waals surface area contributed by atoms with Crippen molar-refractivity contribution < 1.29 is 14.3 Å². The molecule has 2 rings (SSSR count). The predicted octanol–water partition coefficient (Wildman–Crippen LogP) is 2.81. The second-order valence-corrected chi connectivity index (χ2v) is 6.99. The van der Waals surface area contributed by atoms with Crippen LogP contribution in [0.15, 0.2) is 53.5 Å². The van der Waals surface area contributed by atoms with E-state index in [2.05, 4.69) is 34.7 Å². The minimum atomic E-state index is -0.499. The van der Waals surface area contributed by atoms with Gasteiger partial charge in [0.25, 0.3) is 5.91 Å². The number of aliphatic imine (C=N–C) groups is 1. The number of hydrogen-bond donors (Lipinski definition) is 3. The van der Waals surface area contributed by atoms with Crippen LogP contribution in [0.4, 0.5) is 0 Å². The van der Waals surface area contributed by atoms with Gasteiger partial charge in [-0.15, -0.1) is 0 Å². The van der Waals surface area contributed by atoms with Gasteiger partial charge in [-0.3, -0.25) is 4.79 Å². The minimum absolute atomic E-state index is 0.136.